The van der Waals surface area contributed by atoms with E-state index >= 15 is 0 Å². The minimum absolute atomic E-state index is 0.211. The molecule has 0 aliphatic rings. The second kappa shape index (κ2) is 8.34. The van der Waals surface area contributed by atoms with Crippen LogP contribution in [0.25, 0.3) is 22.6 Å². The van der Waals surface area contributed by atoms with E-state index in [0.29, 0.717) is 34.0 Å². The number of aromatic nitrogens is 1. The molecule has 0 radical (unpaired) electrons. The summed E-state index contributed by atoms with van der Waals surface area (Å²) in [5, 5.41) is 5.95. The topological polar surface area (TPSA) is 76.4 Å². The number of methoxy groups -OCH3 is 1. The van der Waals surface area contributed by atoms with Gasteiger partial charge in [-0.3, -0.25) is 10.1 Å². The first-order valence-corrected chi connectivity index (χ1v) is 9.67. The largest absolute Gasteiger partial charge is 0.497 e. The van der Waals surface area contributed by atoms with E-state index in [1.54, 1.807) is 13.2 Å². The fourth-order valence-corrected chi connectivity index (χ4v) is 3.26. The van der Waals surface area contributed by atoms with Crippen molar-refractivity contribution in [1.82, 2.24) is 10.3 Å². The molecule has 3 aromatic carbocycles. The second-order valence-electron chi connectivity index (χ2n) is 6.66. The van der Waals surface area contributed by atoms with Crippen molar-refractivity contribution in [2.24, 2.45) is 0 Å². The highest BCUT2D eigenvalue weighted by molar-refractivity contribution is 7.80. The molecule has 1 amide bonds. The maximum atomic E-state index is 12.4. The molecule has 4 rings (SSSR count). The average molecular weight is 417 g/mol. The first-order valence-electron chi connectivity index (χ1n) is 9.26. The number of fused-ring (bicyclic) bond motifs is 1. The molecule has 0 saturated heterocycles. The number of nitrogens with one attached hydrogen (secondary N) is 2. The number of oxazole rings is 1. The van der Waals surface area contributed by atoms with E-state index in [1.807, 2.05) is 67.6 Å². The Bertz CT molecular complexity index is 1250. The number of amides is 1. The lowest BCUT2D eigenvalue weighted by molar-refractivity contribution is 0.0977. The summed E-state index contributed by atoms with van der Waals surface area (Å²) < 4.78 is 11.1. The highest BCUT2D eigenvalue weighted by Gasteiger charge is 2.12. The van der Waals surface area contributed by atoms with Gasteiger partial charge >= 0.3 is 0 Å². The molecule has 6 nitrogen and oxygen atoms in total. The van der Waals surface area contributed by atoms with Crippen LogP contribution in [0.3, 0.4) is 0 Å². The number of benzene rings is 3. The molecule has 30 heavy (non-hydrogen) atoms. The van der Waals surface area contributed by atoms with Gasteiger partial charge in [0.25, 0.3) is 5.91 Å². The predicted molar refractivity (Wildman–Crippen MR) is 121 cm³/mol. The van der Waals surface area contributed by atoms with Crippen molar-refractivity contribution >= 4 is 40.0 Å². The number of nitrogens with zero attached hydrogens (tertiary/aromatic N) is 1. The molecule has 0 atom stereocenters. The molecule has 0 bridgehead atoms. The van der Waals surface area contributed by atoms with E-state index in [0.717, 1.165) is 11.1 Å². The Labute approximate surface area is 178 Å². The van der Waals surface area contributed by atoms with Gasteiger partial charge in [0.15, 0.2) is 10.7 Å². The Balaban J connectivity index is 1.50. The lowest BCUT2D eigenvalue weighted by atomic mass is 10.1. The second-order valence-corrected chi connectivity index (χ2v) is 7.06. The van der Waals surface area contributed by atoms with Crippen LogP contribution in [0.2, 0.25) is 0 Å². The number of hydrogen-bond donors (Lipinski definition) is 2. The molecule has 0 fully saturated rings. The number of rotatable bonds is 4. The zero-order chi connectivity index (χ0) is 21.1. The van der Waals surface area contributed by atoms with E-state index in [2.05, 4.69) is 15.6 Å². The summed E-state index contributed by atoms with van der Waals surface area (Å²) in [5.74, 6) is 0.943. The average Bonchev–Trinajstić information content (AvgIpc) is 3.17. The van der Waals surface area contributed by atoms with Gasteiger partial charge in [-0.2, -0.15) is 0 Å². The molecule has 150 valence electrons. The zero-order valence-electron chi connectivity index (χ0n) is 16.4. The Morgan fingerprint density at radius 2 is 1.90 bits per heavy atom. The van der Waals surface area contributed by atoms with E-state index < -0.39 is 0 Å². The molecule has 0 aliphatic carbocycles. The van der Waals surface area contributed by atoms with Gasteiger partial charge < -0.3 is 14.5 Å². The fraction of sp³-hybridized carbons (Fsp3) is 0.0870. The summed E-state index contributed by atoms with van der Waals surface area (Å²) in [6, 6.07) is 20.3. The third-order valence-corrected chi connectivity index (χ3v) is 4.78. The summed E-state index contributed by atoms with van der Waals surface area (Å²) >= 11 is 5.30. The van der Waals surface area contributed by atoms with E-state index in [-0.39, 0.29) is 11.0 Å². The van der Waals surface area contributed by atoms with Crippen LogP contribution in [-0.4, -0.2) is 23.1 Å². The minimum Gasteiger partial charge on any atom is -0.497 e. The van der Waals surface area contributed by atoms with Crippen LogP contribution in [-0.2, 0) is 0 Å². The number of anilines is 1. The third kappa shape index (κ3) is 4.16. The molecular weight excluding hydrogens is 398 g/mol. The van der Waals surface area contributed by atoms with Crippen LogP contribution in [0, 0.1) is 6.92 Å². The van der Waals surface area contributed by atoms with Crippen molar-refractivity contribution in [3.8, 4) is 17.2 Å². The standard InChI is InChI=1S/C23H19N3O3S/c1-14-6-3-4-9-18(14)21(27)26-23(30)24-16-8-5-7-15(12-16)22-25-19-13-17(28-2)10-11-20(19)29-22/h3-13H,1-2H3,(H2,24,26,27,30). The number of carbonyl (C=O) groups excluding carboxylic acids is 1. The lowest BCUT2D eigenvalue weighted by Crippen LogP contribution is -2.34. The number of carbonyl (C=O) groups is 1. The molecule has 4 aromatic rings. The molecule has 1 heterocycles. The summed E-state index contributed by atoms with van der Waals surface area (Å²) in [4.78, 5) is 17.0. The first kappa shape index (κ1) is 19.6. The Hall–Kier alpha value is -3.71. The van der Waals surface area contributed by atoms with E-state index in [1.165, 1.54) is 0 Å². The number of aryl methyl sites for hydroxylation is 1. The molecule has 0 aliphatic heterocycles. The molecule has 0 saturated carbocycles. The monoisotopic (exact) mass is 417 g/mol. The smallest absolute Gasteiger partial charge is 0.257 e. The summed E-state index contributed by atoms with van der Waals surface area (Å²) in [5.41, 5.74) is 4.34. The number of ether oxygens (including phenoxy) is 1. The SMILES string of the molecule is COc1ccc2oc(-c3cccc(NC(=S)NC(=O)c4ccccc4C)c3)nc2c1. The number of thiocarbonyl (C=S) groups is 1. The van der Waals surface area contributed by atoms with Gasteiger partial charge in [-0.05, 0) is 61.1 Å². The van der Waals surface area contributed by atoms with Gasteiger partial charge in [-0.25, -0.2) is 4.98 Å². The molecule has 0 unspecified atom stereocenters. The number of hydrogen-bond acceptors (Lipinski definition) is 5. The lowest BCUT2D eigenvalue weighted by Gasteiger charge is -2.11. The highest BCUT2D eigenvalue weighted by Crippen LogP contribution is 2.28. The summed E-state index contributed by atoms with van der Waals surface area (Å²) in [6.07, 6.45) is 0. The van der Waals surface area contributed by atoms with Crippen molar-refractivity contribution in [2.45, 2.75) is 6.92 Å². The Morgan fingerprint density at radius 3 is 2.70 bits per heavy atom. The van der Waals surface area contributed by atoms with Gasteiger partial charge in [-0.1, -0.05) is 24.3 Å². The van der Waals surface area contributed by atoms with Gasteiger partial charge in [0.05, 0.1) is 7.11 Å². The van der Waals surface area contributed by atoms with Crippen LogP contribution in [0.1, 0.15) is 15.9 Å². The van der Waals surface area contributed by atoms with Crippen molar-refractivity contribution in [3.05, 3.63) is 77.9 Å². The van der Waals surface area contributed by atoms with Gasteiger partial charge in [-0.15, -0.1) is 0 Å². The van der Waals surface area contributed by atoms with E-state index in [9.17, 15) is 4.79 Å². The molecule has 0 spiro atoms. The Morgan fingerprint density at radius 1 is 1.07 bits per heavy atom. The molecule has 1 aromatic heterocycles. The van der Waals surface area contributed by atoms with Crippen molar-refractivity contribution in [1.29, 1.82) is 0 Å². The van der Waals surface area contributed by atoms with Crippen molar-refractivity contribution < 1.29 is 13.9 Å². The van der Waals surface area contributed by atoms with Gasteiger partial charge in [0.1, 0.15) is 11.3 Å². The van der Waals surface area contributed by atoms with Crippen molar-refractivity contribution in [2.75, 3.05) is 12.4 Å². The maximum absolute atomic E-state index is 12.4. The van der Waals surface area contributed by atoms with Crippen molar-refractivity contribution in [3.63, 3.8) is 0 Å². The summed E-state index contributed by atoms with van der Waals surface area (Å²) in [6.45, 7) is 1.88. The fourth-order valence-electron chi connectivity index (χ4n) is 3.05. The zero-order valence-corrected chi connectivity index (χ0v) is 17.2. The van der Waals surface area contributed by atoms with Crippen LogP contribution in [0.5, 0.6) is 5.75 Å². The normalized spacial score (nSPS) is 10.6. The molecule has 7 heteroatoms. The molecule has 2 N–H and O–H groups in total. The minimum atomic E-state index is -0.255. The van der Waals surface area contributed by atoms with E-state index in [4.69, 9.17) is 21.4 Å². The highest BCUT2D eigenvalue weighted by atomic mass is 32.1. The van der Waals surface area contributed by atoms with Crippen LogP contribution < -0.4 is 15.4 Å². The third-order valence-electron chi connectivity index (χ3n) is 4.58. The molecular formula is C23H19N3O3S. The predicted octanol–water partition coefficient (Wildman–Crippen LogP) is 4.94. The van der Waals surface area contributed by atoms with Crippen LogP contribution in [0.15, 0.2) is 71.1 Å². The van der Waals surface area contributed by atoms with Gasteiger partial charge in [0, 0.05) is 22.9 Å². The van der Waals surface area contributed by atoms with Crippen LogP contribution >= 0.6 is 12.2 Å². The first-order chi connectivity index (χ1) is 14.5. The van der Waals surface area contributed by atoms with Crippen LogP contribution in [0.4, 0.5) is 5.69 Å². The maximum Gasteiger partial charge on any atom is 0.257 e. The Kier molecular flexibility index (Phi) is 5.45. The quantitative estimate of drug-likeness (QED) is 0.458. The summed E-state index contributed by atoms with van der Waals surface area (Å²) in [7, 11) is 1.61. The van der Waals surface area contributed by atoms with Gasteiger partial charge in [0.2, 0.25) is 5.89 Å².